The lowest BCUT2D eigenvalue weighted by atomic mass is 9.61. The highest BCUT2D eigenvalue weighted by atomic mass is 16.5. The molecular formula is C29H31NO5. The first-order valence-corrected chi connectivity index (χ1v) is 12.6. The van der Waals surface area contributed by atoms with Crippen LogP contribution in [0.15, 0.2) is 59.6 Å². The number of aliphatic hydroxyl groups is 1. The Morgan fingerprint density at radius 2 is 2.11 bits per heavy atom. The first-order valence-electron chi connectivity index (χ1n) is 12.6. The molecule has 0 bridgehead atoms. The standard InChI is InChI=1S/C29H31NO5/c1-16(32)34-26-13-23-28-20(12-22-24(33)9-17(15-31)10-25(22)35-28)5-7-29(23,2)27(26)19-3-4-21-14-30-8-6-18(21)11-19/h3-4,6,8,11-12,14,17,23,26-28,31H,5,7,9-10,13,15H2,1-2H3/t17?,23-,26?,27-,28+,29-/m0/s1. The van der Waals surface area contributed by atoms with Gasteiger partial charge in [-0.05, 0) is 59.3 Å². The van der Waals surface area contributed by atoms with Gasteiger partial charge in [0.2, 0.25) is 0 Å². The van der Waals surface area contributed by atoms with Crippen molar-refractivity contribution in [2.75, 3.05) is 6.61 Å². The van der Waals surface area contributed by atoms with Crippen molar-refractivity contribution in [3.05, 3.63) is 65.2 Å². The van der Waals surface area contributed by atoms with E-state index < -0.39 is 0 Å². The summed E-state index contributed by atoms with van der Waals surface area (Å²) in [4.78, 5) is 29.1. The van der Waals surface area contributed by atoms with Gasteiger partial charge in [0.05, 0.1) is 5.57 Å². The Kier molecular flexibility index (Phi) is 5.33. The third-order valence-corrected chi connectivity index (χ3v) is 8.85. The van der Waals surface area contributed by atoms with Crippen molar-refractivity contribution in [3.63, 3.8) is 0 Å². The summed E-state index contributed by atoms with van der Waals surface area (Å²) in [5.74, 6) is 0.655. The van der Waals surface area contributed by atoms with Crippen LogP contribution in [0.5, 0.6) is 0 Å². The summed E-state index contributed by atoms with van der Waals surface area (Å²) < 4.78 is 12.6. The summed E-state index contributed by atoms with van der Waals surface area (Å²) in [5.41, 5.74) is 2.92. The number of ketones is 1. The van der Waals surface area contributed by atoms with E-state index in [9.17, 15) is 14.7 Å². The Bertz CT molecular complexity index is 1280. The molecule has 2 aromatic rings. The van der Waals surface area contributed by atoms with Crippen LogP contribution < -0.4 is 0 Å². The number of esters is 1. The highest BCUT2D eigenvalue weighted by Crippen LogP contribution is 2.62. The minimum atomic E-state index is -0.263. The number of aromatic nitrogens is 1. The molecule has 0 saturated heterocycles. The Morgan fingerprint density at radius 3 is 2.91 bits per heavy atom. The van der Waals surface area contributed by atoms with Crippen LogP contribution in [0.1, 0.15) is 57.4 Å². The van der Waals surface area contributed by atoms with E-state index in [1.165, 1.54) is 18.1 Å². The van der Waals surface area contributed by atoms with Crippen molar-refractivity contribution in [1.29, 1.82) is 0 Å². The minimum Gasteiger partial charge on any atom is -0.489 e. The van der Waals surface area contributed by atoms with Gasteiger partial charge in [-0.15, -0.1) is 0 Å². The van der Waals surface area contributed by atoms with Gasteiger partial charge in [-0.3, -0.25) is 14.6 Å². The monoisotopic (exact) mass is 473 g/mol. The average molecular weight is 474 g/mol. The molecule has 3 aliphatic carbocycles. The predicted octanol–water partition coefficient (Wildman–Crippen LogP) is 4.62. The van der Waals surface area contributed by atoms with Gasteiger partial charge in [0.15, 0.2) is 5.78 Å². The zero-order chi connectivity index (χ0) is 24.3. The maximum absolute atomic E-state index is 12.7. The normalized spacial score (nSPS) is 34.0. The number of hydrogen-bond donors (Lipinski definition) is 1. The van der Waals surface area contributed by atoms with Crippen LogP contribution in [0.4, 0.5) is 0 Å². The van der Waals surface area contributed by atoms with Crippen molar-refractivity contribution in [3.8, 4) is 0 Å². The Morgan fingerprint density at radius 1 is 1.26 bits per heavy atom. The van der Waals surface area contributed by atoms with Crippen LogP contribution >= 0.6 is 0 Å². The van der Waals surface area contributed by atoms with Crippen LogP contribution in [0.2, 0.25) is 0 Å². The fourth-order valence-corrected chi connectivity index (χ4v) is 7.18. The van der Waals surface area contributed by atoms with E-state index in [1.54, 1.807) is 6.20 Å². The van der Waals surface area contributed by atoms with Gasteiger partial charge < -0.3 is 14.6 Å². The van der Waals surface area contributed by atoms with Gasteiger partial charge in [-0.25, -0.2) is 0 Å². The van der Waals surface area contributed by atoms with Crippen molar-refractivity contribution < 1.29 is 24.2 Å². The third kappa shape index (κ3) is 3.61. The second kappa shape index (κ2) is 8.30. The summed E-state index contributed by atoms with van der Waals surface area (Å²) in [6.45, 7) is 3.78. The molecule has 1 aromatic heterocycles. The van der Waals surface area contributed by atoms with E-state index in [0.29, 0.717) is 18.4 Å². The van der Waals surface area contributed by atoms with E-state index in [0.717, 1.165) is 35.8 Å². The molecule has 0 amide bonds. The number of rotatable bonds is 3. The molecule has 0 spiro atoms. The first kappa shape index (κ1) is 22.5. The zero-order valence-electron chi connectivity index (χ0n) is 20.2. The zero-order valence-corrected chi connectivity index (χ0v) is 20.2. The van der Waals surface area contributed by atoms with Crippen LogP contribution in [-0.2, 0) is 19.1 Å². The molecule has 1 aliphatic heterocycles. The van der Waals surface area contributed by atoms with Crippen LogP contribution in [-0.4, -0.2) is 40.7 Å². The molecule has 1 N–H and O–H groups in total. The van der Waals surface area contributed by atoms with E-state index in [4.69, 9.17) is 9.47 Å². The van der Waals surface area contributed by atoms with Gasteiger partial charge in [0, 0.05) is 56.0 Å². The lowest BCUT2D eigenvalue weighted by Gasteiger charge is -2.48. The molecule has 6 rings (SSSR count). The van der Waals surface area contributed by atoms with Gasteiger partial charge in [-0.2, -0.15) is 0 Å². The Labute approximate surface area is 205 Å². The average Bonchev–Trinajstić information content (AvgIpc) is 3.14. The molecule has 2 unspecified atom stereocenters. The number of benzene rings is 1. The van der Waals surface area contributed by atoms with Crippen molar-refractivity contribution >= 4 is 22.5 Å². The molecule has 35 heavy (non-hydrogen) atoms. The van der Waals surface area contributed by atoms with Crippen LogP contribution in [0.25, 0.3) is 10.8 Å². The summed E-state index contributed by atoms with van der Waals surface area (Å²) in [6, 6.07) is 8.49. The van der Waals surface area contributed by atoms with E-state index in [2.05, 4.69) is 36.2 Å². The van der Waals surface area contributed by atoms with Crippen LogP contribution in [0.3, 0.4) is 0 Å². The SMILES string of the molecule is CC(=O)OC1C[C@H]2[C@@H]3OC4=C(C=C3CC[C@]2(C)[C@H]1c1ccc2cnccc2c1)C(=O)CC(CO)C4. The number of hydrogen-bond acceptors (Lipinski definition) is 6. The molecule has 2 saturated carbocycles. The van der Waals surface area contributed by atoms with Gasteiger partial charge in [0.1, 0.15) is 18.0 Å². The molecule has 0 radical (unpaired) electrons. The fraction of sp³-hybridized carbons (Fsp3) is 0.483. The van der Waals surface area contributed by atoms with Gasteiger partial charge in [-0.1, -0.05) is 25.1 Å². The van der Waals surface area contributed by atoms with E-state index >= 15 is 0 Å². The second-order valence-corrected chi connectivity index (χ2v) is 10.9. The van der Waals surface area contributed by atoms with Crippen molar-refractivity contribution in [1.82, 2.24) is 4.98 Å². The summed E-state index contributed by atoms with van der Waals surface area (Å²) in [5, 5.41) is 11.9. The third-order valence-electron chi connectivity index (χ3n) is 8.85. The number of carbonyl (C=O) groups is 2. The lowest BCUT2D eigenvalue weighted by molar-refractivity contribution is -0.147. The molecular weight excluding hydrogens is 442 g/mol. The highest BCUT2D eigenvalue weighted by molar-refractivity contribution is 6.00. The number of allylic oxidation sites excluding steroid dienone is 3. The topological polar surface area (TPSA) is 85.7 Å². The number of Topliss-reactive ketones (excluding diaryl/α,β-unsaturated/α-hetero) is 1. The number of fused-ring (bicyclic) bond motifs is 4. The lowest BCUT2D eigenvalue weighted by Crippen LogP contribution is -2.44. The van der Waals surface area contributed by atoms with Crippen molar-refractivity contribution in [2.24, 2.45) is 17.3 Å². The van der Waals surface area contributed by atoms with Gasteiger partial charge >= 0.3 is 5.97 Å². The molecule has 182 valence electrons. The first-order chi connectivity index (χ1) is 16.9. The van der Waals surface area contributed by atoms with Crippen molar-refractivity contribution in [2.45, 2.75) is 64.1 Å². The molecule has 6 atom stereocenters. The summed E-state index contributed by atoms with van der Waals surface area (Å²) in [6.07, 6.45) is 8.85. The van der Waals surface area contributed by atoms with E-state index in [1.807, 2.05) is 12.3 Å². The quantitative estimate of drug-likeness (QED) is 0.655. The minimum absolute atomic E-state index is 0.0116. The maximum Gasteiger partial charge on any atom is 0.302 e. The largest absolute Gasteiger partial charge is 0.489 e. The Balaban J connectivity index is 1.38. The number of pyridine rings is 1. The van der Waals surface area contributed by atoms with E-state index in [-0.39, 0.29) is 53.7 Å². The number of nitrogens with zero attached hydrogens (tertiary/aromatic N) is 1. The predicted molar refractivity (Wildman–Crippen MR) is 130 cm³/mol. The fourth-order valence-electron chi connectivity index (χ4n) is 7.18. The number of carbonyl (C=O) groups excluding carboxylic acids is 2. The molecule has 2 heterocycles. The summed E-state index contributed by atoms with van der Waals surface area (Å²) >= 11 is 0. The molecule has 2 fully saturated rings. The number of ether oxygens (including phenoxy) is 2. The second-order valence-electron chi connectivity index (χ2n) is 10.9. The molecule has 4 aliphatic rings. The maximum atomic E-state index is 12.7. The summed E-state index contributed by atoms with van der Waals surface area (Å²) in [7, 11) is 0. The number of aliphatic hydroxyl groups excluding tert-OH is 1. The van der Waals surface area contributed by atoms with Crippen LogP contribution in [0, 0.1) is 17.3 Å². The smallest absolute Gasteiger partial charge is 0.302 e. The highest BCUT2D eigenvalue weighted by Gasteiger charge is 2.60. The molecule has 1 aromatic carbocycles. The Hall–Kier alpha value is -2.99. The van der Waals surface area contributed by atoms with Gasteiger partial charge in [0.25, 0.3) is 0 Å². The molecule has 6 heteroatoms. The molecule has 6 nitrogen and oxygen atoms in total.